The number of nitrogens with one attached hydrogen (secondary N) is 1. The maximum absolute atomic E-state index is 13.7. The lowest BCUT2D eigenvalue weighted by molar-refractivity contribution is 0.0835. The third-order valence-corrected chi connectivity index (χ3v) is 6.96. The van der Waals surface area contributed by atoms with E-state index in [2.05, 4.69) is 9.97 Å². The number of hydrogen-bond acceptors (Lipinski definition) is 6. The molecule has 36 heavy (non-hydrogen) atoms. The molecule has 6 rings (SSSR count). The molecule has 10 heteroatoms. The molecule has 0 unspecified atom stereocenters. The van der Waals surface area contributed by atoms with Crippen molar-refractivity contribution in [1.82, 2.24) is 14.4 Å². The van der Waals surface area contributed by atoms with Crippen molar-refractivity contribution < 1.29 is 23.8 Å². The van der Waals surface area contributed by atoms with Crippen molar-refractivity contribution in [3.63, 3.8) is 0 Å². The molecule has 0 spiro atoms. The van der Waals surface area contributed by atoms with Gasteiger partial charge >= 0.3 is 0 Å². The van der Waals surface area contributed by atoms with Gasteiger partial charge in [0, 0.05) is 37.4 Å². The van der Waals surface area contributed by atoms with Crippen molar-refractivity contribution in [2.75, 3.05) is 37.9 Å². The first-order chi connectivity index (χ1) is 17.5. The maximum atomic E-state index is 13.7. The summed E-state index contributed by atoms with van der Waals surface area (Å²) in [5.41, 5.74) is 2.88. The predicted molar refractivity (Wildman–Crippen MR) is 130 cm³/mol. The number of imidazole rings is 1. The molecular formula is C26H25FN4O5. The third-order valence-electron chi connectivity index (χ3n) is 6.96. The van der Waals surface area contributed by atoms with Gasteiger partial charge in [-0.05, 0) is 49.1 Å². The summed E-state index contributed by atoms with van der Waals surface area (Å²) in [5, 5.41) is 9.40. The van der Waals surface area contributed by atoms with Gasteiger partial charge in [0.25, 0.3) is 11.5 Å². The topological polar surface area (TPSA) is 109 Å². The molecule has 186 valence electrons. The zero-order chi connectivity index (χ0) is 24.8. The molecule has 1 saturated heterocycles. The second-order valence-corrected chi connectivity index (χ2v) is 9.10. The van der Waals surface area contributed by atoms with Gasteiger partial charge in [-0.2, -0.15) is 0 Å². The fourth-order valence-corrected chi connectivity index (χ4v) is 5.23. The van der Waals surface area contributed by atoms with Crippen LogP contribution in [0.3, 0.4) is 0 Å². The van der Waals surface area contributed by atoms with Crippen LogP contribution in [0.1, 0.15) is 40.5 Å². The summed E-state index contributed by atoms with van der Waals surface area (Å²) in [6.45, 7) is 1.44. The number of anilines is 1. The van der Waals surface area contributed by atoms with Crippen molar-refractivity contribution in [2.45, 2.75) is 25.2 Å². The largest absolute Gasteiger partial charge is 0.490 e. The highest BCUT2D eigenvalue weighted by Gasteiger charge is 2.29. The first-order valence-electron chi connectivity index (χ1n) is 12.0. The van der Waals surface area contributed by atoms with Crippen LogP contribution in [0.25, 0.3) is 16.6 Å². The van der Waals surface area contributed by atoms with Crippen LogP contribution in [0.2, 0.25) is 0 Å². The molecular weight excluding hydrogens is 467 g/mol. The molecule has 2 aliphatic heterocycles. The second-order valence-electron chi connectivity index (χ2n) is 9.10. The highest BCUT2D eigenvalue weighted by Crippen LogP contribution is 2.34. The lowest BCUT2D eigenvalue weighted by atomic mass is 9.99. The number of aromatic nitrogens is 3. The average Bonchev–Trinajstić information content (AvgIpc) is 3.52. The average molecular weight is 493 g/mol. The van der Waals surface area contributed by atoms with Crippen LogP contribution < -0.4 is 15.2 Å². The monoisotopic (exact) mass is 492 g/mol. The molecule has 4 heterocycles. The summed E-state index contributed by atoms with van der Waals surface area (Å²) in [4.78, 5) is 35.7. The minimum atomic E-state index is -0.344. The number of fused-ring (bicyclic) bond motifs is 4. The molecule has 9 nitrogen and oxygen atoms in total. The van der Waals surface area contributed by atoms with E-state index in [0.717, 1.165) is 24.2 Å². The number of benzene rings is 2. The van der Waals surface area contributed by atoms with E-state index in [9.17, 15) is 19.1 Å². The van der Waals surface area contributed by atoms with Crippen LogP contribution in [0.4, 0.5) is 10.1 Å². The molecule has 0 atom stereocenters. The Morgan fingerprint density at radius 1 is 1.22 bits per heavy atom. The maximum Gasteiger partial charge on any atom is 0.274 e. The van der Waals surface area contributed by atoms with E-state index in [4.69, 9.17) is 9.47 Å². The van der Waals surface area contributed by atoms with Crippen molar-refractivity contribution in [3.05, 3.63) is 69.7 Å². The number of carbonyl (C=O) groups excluding carboxylic acids is 1. The third kappa shape index (κ3) is 3.73. The van der Waals surface area contributed by atoms with Gasteiger partial charge in [-0.25, -0.2) is 9.37 Å². The number of rotatable bonds is 5. The summed E-state index contributed by atoms with van der Waals surface area (Å²) < 4.78 is 26.8. The number of amides is 1. The summed E-state index contributed by atoms with van der Waals surface area (Å²) in [5.74, 6) is 0.523. The van der Waals surface area contributed by atoms with Crippen LogP contribution >= 0.6 is 0 Å². The quantitative estimate of drug-likeness (QED) is 0.444. The number of aromatic amines is 1. The number of H-pyrrole nitrogens is 1. The Balaban J connectivity index is 1.51. The van der Waals surface area contributed by atoms with Crippen molar-refractivity contribution in [3.8, 4) is 5.75 Å². The van der Waals surface area contributed by atoms with Crippen LogP contribution in [-0.4, -0.2) is 58.4 Å². The van der Waals surface area contributed by atoms with Crippen LogP contribution in [0, 0.1) is 5.82 Å². The van der Waals surface area contributed by atoms with Crippen molar-refractivity contribution in [1.29, 1.82) is 0 Å². The molecule has 4 aromatic rings. The standard InChI is InChI=1S/C26H25FN4O5/c27-17-1-2-20-16(11-17)3-6-30(20)26(34)18-12-19-21(13-23(18)36-10-7-32)31-22(25(33)29-19)14-28-24(31)15-4-8-35-9-5-15/h1-2,11-15,32H,3-10H2,(H,29,33). The number of nitrogens with zero attached hydrogens (tertiary/aromatic N) is 3. The Kier molecular flexibility index (Phi) is 5.69. The molecule has 2 N–H and O–H groups in total. The normalized spacial score (nSPS) is 16.1. The zero-order valence-electron chi connectivity index (χ0n) is 19.5. The van der Waals surface area contributed by atoms with E-state index in [1.807, 2.05) is 4.40 Å². The van der Waals surface area contributed by atoms with Gasteiger partial charge in [0.05, 0.1) is 29.4 Å². The van der Waals surface area contributed by atoms with Gasteiger partial charge in [-0.3, -0.25) is 14.0 Å². The van der Waals surface area contributed by atoms with E-state index in [-0.39, 0.29) is 47.7 Å². The Labute approximate surface area is 205 Å². The van der Waals surface area contributed by atoms with Crippen LogP contribution in [0.5, 0.6) is 5.75 Å². The number of carbonyl (C=O) groups is 1. The van der Waals surface area contributed by atoms with Crippen molar-refractivity contribution >= 4 is 28.1 Å². The first-order valence-corrected chi connectivity index (χ1v) is 12.0. The molecule has 0 saturated carbocycles. The lowest BCUT2D eigenvalue weighted by Gasteiger charge is -2.22. The summed E-state index contributed by atoms with van der Waals surface area (Å²) in [6, 6.07) is 7.70. The SMILES string of the molecule is O=C(c1cc2[nH]c(=O)c3cnc(C4CCOCC4)n3c2cc1OCCO)N1CCc2cc(F)ccc21. The first kappa shape index (κ1) is 22.7. The van der Waals surface area contributed by atoms with Gasteiger partial charge in [0.2, 0.25) is 0 Å². The minimum Gasteiger partial charge on any atom is -0.490 e. The predicted octanol–water partition coefficient (Wildman–Crippen LogP) is 2.78. The molecule has 2 aromatic carbocycles. The fourth-order valence-electron chi connectivity index (χ4n) is 5.23. The zero-order valence-corrected chi connectivity index (χ0v) is 19.5. The van der Waals surface area contributed by atoms with E-state index >= 15 is 0 Å². The van der Waals surface area contributed by atoms with Crippen molar-refractivity contribution in [2.24, 2.45) is 0 Å². The van der Waals surface area contributed by atoms with Gasteiger partial charge in [0.15, 0.2) is 0 Å². The fraction of sp³-hybridized carbons (Fsp3) is 0.346. The Hall–Kier alpha value is -3.76. The van der Waals surface area contributed by atoms with Gasteiger partial charge in [-0.1, -0.05) is 0 Å². The molecule has 2 aliphatic rings. The van der Waals surface area contributed by atoms with Crippen LogP contribution in [-0.2, 0) is 11.2 Å². The van der Waals surface area contributed by atoms with E-state index in [0.29, 0.717) is 48.4 Å². The molecule has 0 radical (unpaired) electrons. The van der Waals surface area contributed by atoms with E-state index < -0.39 is 0 Å². The number of halogens is 1. The highest BCUT2D eigenvalue weighted by atomic mass is 19.1. The molecule has 1 amide bonds. The van der Waals surface area contributed by atoms with Gasteiger partial charge in [-0.15, -0.1) is 0 Å². The second kappa shape index (κ2) is 9.03. The smallest absolute Gasteiger partial charge is 0.274 e. The molecule has 2 aromatic heterocycles. The summed E-state index contributed by atoms with van der Waals surface area (Å²) in [6.07, 6.45) is 3.70. The highest BCUT2D eigenvalue weighted by molar-refractivity contribution is 6.10. The minimum absolute atomic E-state index is 0.00314. The number of aliphatic hydroxyl groups excluding tert-OH is 1. The Bertz CT molecular complexity index is 1540. The lowest BCUT2D eigenvalue weighted by Crippen LogP contribution is -2.29. The molecule has 0 aliphatic carbocycles. The van der Waals surface area contributed by atoms with Crippen LogP contribution in [0.15, 0.2) is 41.3 Å². The molecule has 1 fully saturated rings. The summed E-state index contributed by atoms with van der Waals surface area (Å²) in [7, 11) is 0. The van der Waals surface area contributed by atoms with Gasteiger partial charge in [0.1, 0.15) is 29.5 Å². The van der Waals surface area contributed by atoms with Gasteiger partial charge < -0.3 is 24.5 Å². The number of ether oxygens (including phenoxy) is 2. The number of hydrogen-bond donors (Lipinski definition) is 2. The Morgan fingerprint density at radius 3 is 2.86 bits per heavy atom. The van der Waals surface area contributed by atoms with E-state index in [1.165, 1.54) is 12.1 Å². The summed E-state index contributed by atoms with van der Waals surface area (Å²) >= 11 is 0. The Morgan fingerprint density at radius 2 is 2.06 bits per heavy atom. The molecule has 0 bridgehead atoms. The number of aliphatic hydroxyl groups is 1. The van der Waals surface area contributed by atoms with E-state index in [1.54, 1.807) is 29.3 Å².